The highest BCUT2D eigenvalue weighted by Crippen LogP contribution is 2.20. The lowest BCUT2D eigenvalue weighted by molar-refractivity contribution is -0.135. The third kappa shape index (κ3) is 5.63. The second-order valence-electron chi connectivity index (χ2n) is 4.80. The van der Waals surface area contributed by atoms with E-state index in [9.17, 15) is 9.59 Å². The molecular formula is C15H21ClN2O3. The van der Waals surface area contributed by atoms with Crippen LogP contribution < -0.4 is 10.2 Å². The molecule has 0 aromatic heterocycles. The summed E-state index contributed by atoms with van der Waals surface area (Å²) in [5.41, 5.74) is 0.466. The molecule has 1 aromatic carbocycles. The topological polar surface area (TPSA) is 69.6 Å². The summed E-state index contributed by atoms with van der Waals surface area (Å²) < 4.78 is 0. The van der Waals surface area contributed by atoms with Gasteiger partial charge in [0.1, 0.15) is 6.54 Å². The van der Waals surface area contributed by atoms with Gasteiger partial charge in [-0.05, 0) is 31.0 Å². The third-order valence-electron chi connectivity index (χ3n) is 3.12. The lowest BCUT2D eigenvalue weighted by atomic mass is 10.1. The summed E-state index contributed by atoms with van der Waals surface area (Å²) >= 11 is 5.91. The predicted octanol–water partition coefficient (Wildman–Crippen LogP) is 3.52. The van der Waals surface area contributed by atoms with Crippen LogP contribution in [0.3, 0.4) is 0 Å². The maximum absolute atomic E-state index is 12.3. The summed E-state index contributed by atoms with van der Waals surface area (Å²) in [5.74, 6) is -1.08. The maximum atomic E-state index is 12.3. The fourth-order valence-corrected chi connectivity index (χ4v) is 2.22. The van der Waals surface area contributed by atoms with E-state index in [1.807, 2.05) is 13.8 Å². The number of urea groups is 1. The number of benzene rings is 1. The fourth-order valence-electron chi connectivity index (χ4n) is 2.04. The summed E-state index contributed by atoms with van der Waals surface area (Å²) in [6.07, 6.45) is 2.61. The van der Waals surface area contributed by atoms with Crippen molar-refractivity contribution in [3.05, 3.63) is 29.3 Å². The van der Waals surface area contributed by atoms with Crippen molar-refractivity contribution in [2.24, 2.45) is 0 Å². The van der Waals surface area contributed by atoms with Gasteiger partial charge in [-0.2, -0.15) is 0 Å². The minimum Gasteiger partial charge on any atom is -0.480 e. The highest BCUT2D eigenvalue weighted by Gasteiger charge is 2.21. The van der Waals surface area contributed by atoms with Crippen molar-refractivity contribution in [3.8, 4) is 0 Å². The van der Waals surface area contributed by atoms with Crippen LogP contribution in [-0.4, -0.2) is 29.7 Å². The van der Waals surface area contributed by atoms with Gasteiger partial charge in [0.05, 0.1) is 0 Å². The molecule has 21 heavy (non-hydrogen) atoms. The molecule has 0 saturated carbocycles. The first-order valence-corrected chi connectivity index (χ1v) is 7.41. The lowest BCUT2D eigenvalue weighted by Crippen LogP contribution is -2.46. The zero-order valence-electron chi connectivity index (χ0n) is 12.3. The van der Waals surface area contributed by atoms with Crippen LogP contribution in [0.5, 0.6) is 0 Å². The van der Waals surface area contributed by atoms with E-state index >= 15 is 0 Å². The first-order chi connectivity index (χ1) is 9.97. The number of rotatable bonds is 7. The smallest absolute Gasteiger partial charge is 0.323 e. The van der Waals surface area contributed by atoms with E-state index in [0.29, 0.717) is 10.7 Å². The van der Waals surface area contributed by atoms with E-state index in [-0.39, 0.29) is 6.04 Å². The number of anilines is 1. The molecule has 0 saturated heterocycles. The standard InChI is InChI=1S/C15H21ClN2O3/c1-3-6-12(4-2)17-15(21)18(10-14(19)20)13-8-5-7-11(16)9-13/h5,7-9,12H,3-4,6,10H2,1-2H3,(H,17,21)(H,19,20). The molecular weight excluding hydrogens is 292 g/mol. The Morgan fingerprint density at radius 3 is 2.62 bits per heavy atom. The molecule has 1 aromatic rings. The van der Waals surface area contributed by atoms with E-state index in [0.717, 1.165) is 19.3 Å². The van der Waals surface area contributed by atoms with Crippen molar-refractivity contribution in [2.75, 3.05) is 11.4 Å². The van der Waals surface area contributed by atoms with Crippen molar-refractivity contribution >= 4 is 29.3 Å². The molecule has 0 aliphatic carbocycles. The van der Waals surface area contributed by atoms with Crippen LogP contribution in [0, 0.1) is 0 Å². The van der Waals surface area contributed by atoms with Crippen molar-refractivity contribution in [1.82, 2.24) is 5.32 Å². The Morgan fingerprint density at radius 2 is 2.10 bits per heavy atom. The van der Waals surface area contributed by atoms with Crippen LogP contribution in [0.25, 0.3) is 0 Å². The Kier molecular flexibility index (Phi) is 7.02. The Morgan fingerprint density at radius 1 is 1.38 bits per heavy atom. The molecule has 0 radical (unpaired) electrons. The molecule has 1 unspecified atom stereocenters. The number of hydrogen-bond donors (Lipinski definition) is 2. The average Bonchev–Trinajstić information content (AvgIpc) is 2.43. The van der Waals surface area contributed by atoms with Gasteiger partial charge < -0.3 is 10.4 Å². The molecule has 6 heteroatoms. The molecule has 0 fully saturated rings. The van der Waals surface area contributed by atoms with E-state index in [1.165, 1.54) is 4.90 Å². The van der Waals surface area contributed by atoms with Gasteiger partial charge >= 0.3 is 12.0 Å². The molecule has 2 amide bonds. The summed E-state index contributed by atoms with van der Waals surface area (Å²) in [4.78, 5) is 24.5. The zero-order chi connectivity index (χ0) is 15.8. The van der Waals surface area contributed by atoms with Crippen molar-refractivity contribution in [3.63, 3.8) is 0 Å². The largest absolute Gasteiger partial charge is 0.480 e. The highest BCUT2D eigenvalue weighted by molar-refractivity contribution is 6.30. The van der Waals surface area contributed by atoms with Gasteiger partial charge in [-0.15, -0.1) is 0 Å². The monoisotopic (exact) mass is 312 g/mol. The Bertz CT molecular complexity index is 494. The van der Waals surface area contributed by atoms with Gasteiger partial charge in [0, 0.05) is 16.8 Å². The van der Waals surface area contributed by atoms with Crippen LogP contribution >= 0.6 is 11.6 Å². The third-order valence-corrected chi connectivity index (χ3v) is 3.35. The van der Waals surface area contributed by atoms with E-state index in [4.69, 9.17) is 16.7 Å². The fraction of sp³-hybridized carbons (Fsp3) is 0.467. The number of halogens is 1. The quantitative estimate of drug-likeness (QED) is 0.809. The average molecular weight is 313 g/mol. The van der Waals surface area contributed by atoms with Crippen LogP contribution in [0.2, 0.25) is 5.02 Å². The van der Waals surface area contributed by atoms with Gasteiger partial charge in [0.15, 0.2) is 0 Å². The molecule has 1 atom stereocenters. The second kappa shape index (κ2) is 8.52. The number of nitrogens with one attached hydrogen (secondary N) is 1. The van der Waals surface area contributed by atoms with Crippen molar-refractivity contribution < 1.29 is 14.7 Å². The molecule has 116 valence electrons. The van der Waals surface area contributed by atoms with Crippen LogP contribution in [-0.2, 0) is 4.79 Å². The number of nitrogens with zero attached hydrogens (tertiary/aromatic N) is 1. The number of amides is 2. The highest BCUT2D eigenvalue weighted by atomic mass is 35.5. The van der Waals surface area contributed by atoms with E-state index in [2.05, 4.69) is 5.32 Å². The normalized spacial score (nSPS) is 11.8. The molecule has 2 N–H and O–H groups in total. The molecule has 0 heterocycles. The van der Waals surface area contributed by atoms with Crippen molar-refractivity contribution in [1.29, 1.82) is 0 Å². The molecule has 0 aliphatic rings. The lowest BCUT2D eigenvalue weighted by Gasteiger charge is -2.25. The molecule has 0 spiro atoms. The van der Waals surface area contributed by atoms with Gasteiger partial charge in [0.25, 0.3) is 0 Å². The van der Waals surface area contributed by atoms with Gasteiger partial charge in [0.2, 0.25) is 0 Å². The first kappa shape index (κ1) is 17.3. The molecule has 0 aliphatic heterocycles. The molecule has 5 nitrogen and oxygen atoms in total. The summed E-state index contributed by atoms with van der Waals surface area (Å²) in [7, 11) is 0. The van der Waals surface area contributed by atoms with Gasteiger partial charge in [-0.1, -0.05) is 37.9 Å². The first-order valence-electron chi connectivity index (χ1n) is 7.03. The number of carbonyl (C=O) groups is 2. The minimum atomic E-state index is -1.08. The maximum Gasteiger partial charge on any atom is 0.323 e. The molecule has 1 rings (SSSR count). The number of hydrogen-bond acceptors (Lipinski definition) is 2. The Hall–Kier alpha value is -1.75. The number of carboxylic acids is 1. The van der Waals surface area contributed by atoms with Crippen LogP contribution in [0.4, 0.5) is 10.5 Å². The van der Waals surface area contributed by atoms with Crippen LogP contribution in [0.15, 0.2) is 24.3 Å². The van der Waals surface area contributed by atoms with Crippen LogP contribution in [0.1, 0.15) is 33.1 Å². The summed E-state index contributed by atoms with van der Waals surface area (Å²) in [6.45, 7) is 3.62. The van der Waals surface area contributed by atoms with Gasteiger partial charge in [-0.25, -0.2) is 4.79 Å². The minimum absolute atomic E-state index is 0.0398. The SMILES string of the molecule is CCCC(CC)NC(=O)N(CC(=O)O)c1cccc(Cl)c1. The van der Waals surface area contributed by atoms with E-state index in [1.54, 1.807) is 24.3 Å². The summed E-state index contributed by atoms with van der Waals surface area (Å²) in [6, 6.07) is 6.22. The number of aliphatic carboxylic acids is 1. The Balaban J connectivity index is 2.91. The second-order valence-corrected chi connectivity index (χ2v) is 5.24. The number of carbonyl (C=O) groups excluding carboxylic acids is 1. The predicted molar refractivity (Wildman–Crippen MR) is 84.0 cm³/mol. The van der Waals surface area contributed by atoms with Crippen molar-refractivity contribution in [2.45, 2.75) is 39.2 Å². The van der Waals surface area contributed by atoms with Gasteiger partial charge in [-0.3, -0.25) is 9.69 Å². The zero-order valence-corrected chi connectivity index (χ0v) is 13.1. The molecule has 0 bridgehead atoms. The summed E-state index contributed by atoms with van der Waals surface area (Å²) in [5, 5.41) is 12.3. The Labute approximate surface area is 129 Å². The number of carboxylic acid groups (broad SMARTS) is 1. The van der Waals surface area contributed by atoms with E-state index < -0.39 is 18.5 Å².